The van der Waals surface area contributed by atoms with Crippen LogP contribution in [0.4, 0.5) is 0 Å². The third-order valence-electron chi connectivity index (χ3n) is 2.15. The van der Waals surface area contributed by atoms with Gasteiger partial charge in [0.2, 0.25) is 6.29 Å². The zero-order valence-electron chi connectivity index (χ0n) is 6.36. The van der Waals surface area contributed by atoms with Crippen LogP contribution >= 0.6 is 0 Å². The Morgan fingerprint density at radius 2 is 2.36 bits per heavy atom. The third kappa shape index (κ3) is 1.26. The second-order valence-electron chi connectivity index (χ2n) is 2.84. The maximum atomic E-state index is 5.51. The number of hydrogen-bond acceptors (Lipinski definition) is 3. The van der Waals surface area contributed by atoms with Gasteiger partial charge in [0.25, 0.3) is 0 Å². The standard InChI is InChI=1S/C8H12O3/c1-2-9-8-5-7-6(11-8)3-4-10-7/h2,6-8H,1,3-5H2. The number of ether oxygens (including phenoxy) is 3. The fraction of sp³-hybridized carbons (Fsp3) is 0.750. The maximum absolute atomic E-state index is 5.51. The Morgan fingerprint density at radius 3 is 3.09 bits per heavy atom. The lowest BCUT2D eigenvalue weighted by Gasteiger charge is -2.09. The maximum Gasteiger partial charge on any atom is 0.201 e. The summed E-state index contributed by atoms with van der Waals surface area (Å²) < 4.78 is 16.0. The molecule has 62 valence electrons. The summed E-state index contributed by atoms with van der Waals surface area (Å²) >= 11 is 0. The van der Waals surface area contributed by atoms with Gasteiger partial charge >= 0.3 is 0 Å². The first-order valence-electron chi connectivity index (χ1n) is 3.93. The summed E-state index contributed by atoms with van der Waals surface area (Å²) in [6.45, 7) is 4.30. The molecule has 0 amide bonds. The molecule has 0 N–H and O–H groups in total. The Bertz CT molecular complexity index is 145. The minimum Gasteiger partial charge on any atom is -0.473 e. The summed E-state index contributed by atoms with van der Waals surface area (Å²) in [7, 11) is 0. The van der Waals surface area contributed by atoms with Gasteiger partial charge in [0.1, 0.15) is 0 Å². The predicted octanol–water partition coefficient (Wildman–Crippen LogP) is 1.05. The molecule has 3 atom stereocenters. The summed E-state index contributed by atoms with van der Waals surface area (Å²) in [4.78, 5) is 0. The van der Waals surface area contributed by atoms with Gasteiger partial charge < -0.3 is 14.2 Å². The SMILES string of the molecule is C=COC1CC2OCCC2O1. The first kappa shape index (κ1) is 7.13. The molecule has 0 saturated carbocycles. The second kappa shape index (κ2) is 2.83. The van der Waals surface area contributed by atoms with Crippen molar-refractivity contribution < 1.29 is 14.2 Å². The quantitative estimate of drug-likeness (QED) is 0.559. The molecule has 0 aromatic heterocycles. The first-order valence-corrected chi connectivity index (χ1v) is 3.93. The summed E-state index contributed by atoms with van der Waals surface area (Å²) in [5, 5.41) is 0. The van der Waals surface area contributed by atoms with Gasteiger partial charge in [0.05, 0.1) is 18.5 Å². The molecule has 11 heavy (non-hydrogen) atoms. The Labute approximate surface area is 65.9 Å². The first-order chi connectivity index (χ1) is 5.40. The highest BCUT2D eigenvalue weighted by molar-refractivity contribution is 4.84. The molecule has 2 heterocycles. The van der Waals surface area contributed by atoms with Crippen molar-refractivity contribution in [3.05, 3.63) is 12.8 Å². The topological polar surface area (TPSA) is 27.7 Å². The van der Waals surface area contributed by atoms with E-state index in [9.17, 15) is 0 Å². The van der Waals surface area contributed by atoms with Crippen LogP contribution in [0.5, 0.6) is 0 Å². The van der Waals surface area contributed by atoms with E-state index in [2.05, 4.69) is 6.58 Å². The van der Waals surface area contributed by atoms with E-state index in [0.29, 0.717) is 0 Å². The van der Waals surface area contributed by atoms with Crippen molar-refractivity contribution in [1.82, 2.24) is 0 Å². The Hall–Kier alpha value is -0.540. The largest absolute Gasteiger partial charge is 0.473 e. The van der Waals surface area contributed by atoms with Crippen LogP contribution in [0.3, 0.4) is 0 Å². The summed E-state index contributed by atoms with van der Waals surface area (Å²) in [6, 6.07) is 0. The van der Waals surface area contributed by atoms with Gasteiger partial charge in [-0.1, -0.05) is 6.58 Å². The summed E-state index contributed by atoms with van der Waals surface area (Å²) in [6.07, 6.45) is 3.67. The molecular formula is C8H12O3. The second-order valence-corrected chi connectivity index (χ2v) is 2.84. The van der Waals surface area contributed by atoms with Gasteiger partial charge in [0, 0.05) is 13.0 Å². The molecule has 2 aliphatic rings. The van der Waals surface area contributed by atoms with Crippen molar-refractivity contribution in [2.45, 2.75) is 31.3 Å². The Kier molecular flexibility index (Phi) is 1.84. The highest BCUT2D eigenvalue weighted by Gasteiger charge is 2.40. The average molecular weight is 156 g/mol. The lowest BCUT2D eigenvalue weighted by Crippen LogP contribution is -2.13. The molecule has 2 aliphatic heterocycles. The van der Waals surface area contributed by atoms with Crippen LogP contribution in [-0.4, -0.2) is 25.1 Å². The zero-order valence-corrected chi connectivity index (χ0v) is 6.36. The molecule has 0 aromatic carbocycles. The monoisotopic (exact) mass is 156 g/mol. The molecular weight excluding hydrogens is 144 g/mol. The van der Waals surface area contributed by atoms with Crippen molar-refractivity contribution >= 4 is 0 Å². The van der Waals surface area contributed by atoms with Crippen molar-refractivity contribution in [3.63, 3.8) is 0 Å². The molecule has 0 aliphatic carbocycles. The van der Waals surface area contributed by atoms with E-state index in [1.54, 1.807) is 0 Å². The van der Waals surface area contributed by atoms with Gasteiger partial charge in [-0.15, -0.1) is 0 Å². The van der Waals surface area contributed by atoms with Gasteiger partial charge in [-0.3, -0.25) is 0 Å². The average Bonchev–Trinajstić information content (AvgIpc) is 2.46. The highest BCUT2D eigenvalue weighted by Crippen LogP contribution is 2.30. The van der Waals surface area contributed by atoms with E-state index < -0.39 is 0 Å². The van der Waals surface area contributed by atoms with Crippen LogP contribution < -0.4 is 0 Å². The molecule has 0 aromatic rings. The van der Waals surface area contributed by atoms with Gasteiger partial charge in [-0.25, -0.2) is 0 Å². The van der Waals surface area contributed by atoms with Crippen LogP contribution in [0.2, 0.25) is 0 Å². The summed E-state index contributed by atoms with van der Waals surface area (Å²) in [5.41, 5.74) is 0. The minimum absolute atomic E-state index is 0.122. The predicted molar refractivity (Wildman–Crippen MR) is 38.9 cm³/mol. The van der Waals surface area contributed by atoms with Crippen LogP contribution in [0.1, 0.15) is 12.8 Å². The smallest absolute Gasteiger partial charge is 0.201 e. The van der Waals surface area contributed by atoms with Crippen molar-refractivity contribution in [2.75, 3.05) is 6.61 Å². The lowest BCUT2D eigenvalue weighted by molar-refractivity contribution is -0.0964. The van der Waals surface area contributed by atoms with Crippen LogP contribution in [-0.2, 0) is 14.2 Å². The lowest BCUT2D eigenvalue weighted by atomic mass is 10.2. The number of hydrogen-bond donors (Lipinski definition) is 0. The minimum atomic E-state index is -0.122. The fourth-order valence-corrected chi connectivity index (χ4v) is 1.64. The van der Waals surface area contributed by atoms with Gasteiger partial charge in [-0.2, -0.15) is 0 Å². The zero-order chi connectivity index (χ0) is 7.68. The van der Waals surface area contributed by atoms with E-state index in [1.165, 1.54) is 6.26 Å². The molecule has 0 bridgehead atoms. The van der Waals surface area contributed by atoms with Gasteiger partial charge in [0.15, 0.2) is 0 Å². The van der Waals surface area contributed by atoms with Crippen molar-refractivity contribution in [3.8, 4) is 0 Å². The molecule has 2 rings (SSSR count). The van der Waals surface area contributed by atoms with Crippen molar-refractivity contribution in [2.24, 2.45) is 0 Å². The van der Waals surface area contributed by atoms with E-state index >= 15 is 0 Å². The third-order valence-corrected chi connectivity index (χ3v) is 2.15. The van der Waals surface area contributed by atoms with Crippen LogP contribution in [0, 0.1) is 0 Å². The Morgan fingerprint density at radius 1 is 1.45 bits per heavy atom. The molecule has 3 unspecified atom stereocenters. The van der Waals surface area contributed by atoms with E-state index in [4.69, 9.17) is 14.2 Å². The van der Waals surface area contributed by atoms with Crippen LogP contribution in [0.15, 0.2) is 12.8 Å². The molecule has 0 radical (unpaired) electrons. The summed E-state index contributed by atoms with van der Waals surface area (Å²) in [5.74, 6) is 0. The molecule has 2 saturated heterocycles. The van der Waals surface area contributed by atoms with E-state index in [1.807, 2.05) is 0 Å². The molecule has 3 heteroatoms. The Balaban J connectivity index is 1.89. The molecule has 0 spiro atoms. The highest BCUT2D eigenvalue weighted by atomic mass is 16.7. The number of fused-ring (bicyclic) bond motifs is 1. The molecule has 2 fully saturated rings. The normalized spacial score (nSPS) is 42.0. The van der Waals surface area contributed by atoms with Crippen molar-refractivity contribution in [1.29, 1.82) is 0 Å². The van der Waals surface area contributed by atoms with E-state index in [0.717, 1.165) is 19.4 Å². The van der Waals surface area contributed by atoms with Crippen LogP contribution in [0.25, 0.3) is 0 Å². The van der Waals surface area contributed by atoms with E-state index in [-0.39, 0.29) is 18.5 Å². The fourth-order valence-electron chi connectivity index (χ4n) is 1.64. The number of rotatable bonds is 2. The molecule has 3 nitrogen and oxygen atoms in total. The van der Waals surface area contributed by atoms with Gasteiger partial charge in [-0.05, 0) is 6.42 Å².